The zero-order chi connectivity index (χ0) is 12.3. The number of nitrogens with zero attached hydrogens (tertiary/aromatic N) is 2. The molecule has 1 heterocycles. The molecule has 1 fully saturated rings. The predicted octanol–water partition coefficient (Wildman–Crippen LogP) is 0.853. The lowest BCUT2D eigenvalue weighted by molar-refractivity contribution is -0.130. The molecule has 0 unspecified atom stereocenters. The molecule has 0 spiro atoms. The van der Waals surface area contributed by atoms with Gasteiger partial charge in [-0.25, -0.2) is 0 Å². The van der Waals surface area contributed by atoms with Crippen molar-refractivity contribution in [2.24, 2.45) is 5.92 Å². The van der Waals surface area contributed by atoms with E-state index >= 15 is 0 Å². The van der Waals surface area contributed by atoms with Gasteiger partial charge >= 0.3 is 0 Å². The number of carbonyl (C=O) groups excluding carboxylic acids is 1. The first-order valence-corrected chi connectivity index (χ1v) is 5.97. The molecule has 1 aromatic rings. The van der Waals surface area contributed by atoms with Crippen LogP contribution in [0.15, 0.2) is 24.4 Å². The number of likely N-dealkylation sites (N-methyl/N-ethyl adjacent to an activating group) is 1. The van der Waals surface area contributed by atoms with E-state index in [4.69, 9.17) is 0 Å². The fraction of sp³-hybridized carbons (Fsp3) is 0.538. The number of aromatic nitrogens is 1. The van der Waals surface area contributed by atoms with E-state index < -0.39 is 0 Å². The Labute approximate surface area is 101 Å². The SMILES string of the molecule is CN(CC1CC(O)C1)C(=O)Cc1ccccn1. The Morgan fingerprint density at radius 2 is 2.29 bits per heavy atom. The van der Waals surface area contributed by atoms with Crippen LogP contribution in [0.3, 0.4) is 0 Å². The first kappa shape index (κ1) is 12.0. The number of aliphatic hydroxyl groups excluding tert-OH is 1. The van der Waals surface area contributed by atoms with Gasteiger partial charge in [0.1, 0.15) is 0 Å². The minimum absolute atomic E-state index is 0.0880. The zero-order valence-electron chi connectivity index (χ0n) is 10.0. The lowest BCUT2D eigenvalue weighted by atomic mass is 9.82. The highest BCUT2D eigenvalue weighted by Crippen LogP contribution is 2.27. The van der Waals surface area contributed by atoms with Crippen LogP contribution in [0.1, 0.15) is 18.5 Å². The van der Waals surface area contributed by atoms with Crippen molar-refractivity contribution in [3.63, 3.8) is 0 Å². The van der Waals surface area contributed by atoms with E-state index in [9.17, 15) is 9.90 Å². The summed E-state index contributed by atoms with van der Waals surface area (Å²) in [6.45, 7) is 0.739. The second-order valence-electron chi connectivity index (χ2n) is 4.76. The number of hydrogen-bond acceptors (Lipinski definition) is 3. The average Bonchev–Trinajstić information content (AvgIpc) is 2.28. The van der Waals surface area contributed by atoms with E-state index in [0.29, 0.717) is 12.3 Å². The van der Waals surface area contributed by atoms with Crippen molar-refractivity contribution in [2.75, 3.05) is 13.6 Å². The van der Waals surface area contributed by atoms with Gasteiger partial charge in [-0.3, -0.25) is 9.78 Å². The molecule has 1 saturated carbocycles. The van der Waals surface area contributed by atoms with Crippen molar-refractivity contribution in [1.29, 1.82) is 0 Å². The van der Waals surface area contributed by atoms with Crippen molar-refractivity contribution in [3.05, 3.63) is 30.1 Å². The van der Waals surface area contributed by atoms with Gasteiger partial charge in [0.2, 0.25) is 5.91 Å². The van der Waals surface area contributed by atoms with Gasteiger partial charge < -0.3 is 10.0 Å². The molecule has 1 N–H and O–H groups in total. The number of pyridine rings is 1. The highest BCUT2D eigenvalue weighted by atomic mass is 16.3. The summed E-state index contributed by atoms with van der Waals surface area (Å²) in [6.07, 6.45) is 3.54. The highest BCUT2D eigenvalue weighted by molar-refractivity contribution is 5.78. The van der Waals surface area contributed by atoms with E-state index in [2.05, 4.69) is 4.98 Å². The molecular weight excluding hydrogens is 216 g/mol. The van der Waals surface area contributed by atoms with Crippen LogP contribution in [0.4, 0.5) is 0 Å². The summed E-state index contributed by atoms with van der Waals surface area (Å²) in [5.74, 6) is 0.549. The zero-order valence-corrected chi connectivity index (χ0v) is 10.0. The van der Waals surface area contributed by atoms with E-state index in [1.54, 1.807) is 11.1 Å². The van der Waals surface area contributed by atoms with Gasteiger partial charge in [0.25, 0.3) is 0 Å². The van der Waals surface area contributed by atoms with Crippen LogP contribution in [0, 0.1) is 5.92 Å². The minimum Gasteiger partial charge on any atom is -0.393 e. The Hall–Kier alpha value is -1.42. The molecular formula is C13H18N2O2. The molecule has 1 aliphatic carbocycles. The number of aliphatic hydroxyl groups is 1. The van der Waals surface area contributed by atoms with Gasteiger partial charge in [-0.05, 0) is 30.9 Å². The van der Waals surface area contributed by atoms with Crippen molar-refractivity contribution in [3.8, 4) is 0 Å². The summed E-state index contributed by atoms with van der Waals surface area (Å²) in [5, 5.41) is 9.19. The second kappa shape index (κ2) is 5.27. The van der Waals surface area contributed by atoms with E-state index in [-0.39, 0.29) is 12.0 Å². The number of hydrogen-bond donors (Lipinski definition) is 1. The molecule has 1 amide bonds. The van der Waals surface area contributed by atoms with Crippen LogP contribution in [0.5, 0.6) is 0 Å². The summed E-state index contributed by atoms with van der Waals surface area (Å²) in [7, 11) is 1.82. The Balaban J connectivity index is 1.79. The standard InChI is InChI=1S/C13H18N2O2/c1-15(9-10-6-12(16)7-10)13(17)8-11-4-2-3-5-14-11/h2-5,10,12,16H,6-9H2,1H3. The predicted molar refractivity (Wildman–Crippen MR) is 64.3 cm³/mol. The minimum atomic E-state index is -0.153. The Morgan fingerprint density at radius 1 is 1.53 bits per heavy atom. The van der Waals surface area contributed by atoms with Crippen LogP contribution in [0.2, 0.25) is 0 Å². The molecule has 0 aliphatic heterocycles. The quantitative estimate of drug-likeness (QED) is 0.840. The summed E-state index contributed by atoms with van der Waals surface area (Å²) in [6, 6.07) is 5.59. The molecule has 17 heavy (non-hydrogen) atoms. The second-order valence-corrected chi connectivity index (χ2v) is 4.76. The average molecular weight is 234 g/mol. The fourth-order valence-corrected chi connectivity index (χ4v) is 2.13. The number of carbonyl (C=O) groups is 1. The van der Waals surface area contributed by atoms with E-state index in [1.165, 1.54) is 0 Å². The molecule has 0 radical (unpaired) electrons. The summed E-state index contributed by atoms with van der Waals surface area (Å²) >= 11 is 0. The molecule has 0 bridgehead atoms. The lowest BCUT2D eigenvalue weighted by Gasteiger charge is -2.34. The monoisotopic (exact) mass is 234 g/mol. The van der Waals surface area contributed by atoms with Crippen LogP contribution in [-0.2, 0) is 11.2 Å². The van der Waals surface area contributed by atoms with Crippen LogP contribution >= 0.6 is 0 Å². The number of rotatable bonds is 4. The van der Waals surface area contributed by atoms with Crippen LogP contribution in [-0.4, -0.2) is 40.6 Å². The van der Waals surface area contributed by atoms with Crippen molar-refractivity contribution in [2.45, 2.75) is 25.4 Å². The van der Waals surface area contributed by atoms with Gasteiger partial charge in [0, 0.05) is 25.5 Å². The largest absolute Gasteiger partial charge is 0.393 e. The van der Waals surface area contributed by atoms with Crippen molar-refractivity contribution < 1.29 is 9.90 Å². The maximum Gasteiger partial charge on any atom is 0.228 e. The molecule has 92 valence electrons. The van der Waals surface area contributed by atoms with E-state index in [1.807, 2.05) is 25.2 Å². The Kier molecular flexibility index (Phi) is 3.74. The van der Waals surface area contributed by atoms with Gasteiger partial charge in [0.05, 0.1) is 12.5 Å². The molecule has 1 aromatic heterocycles. The number of amides is 1. The summed E-state index contributed by atoms with van der Waals surface area (Å²) in [5.41, 5.74) is 0.804. The molecule has 2 rings (SSSR count). The smallest absolute Gasteiger partial charge is 0.228 e. The van der Waals surface area contributed by atoms with Gasteiger partial charge in [-0.15, -0.1) is 0 Å². The van der Waals surface area contributed by atoms with Gasteiger partial charge in [-0.1, -0.05) is 6.07 Å². The topological polar surface area (TPSA) is 53.4 Å². The third-order valence-electron chi connectivity index (χ3n) is 3.23. The molecule has 4 nitrogen and oxygen atoms in total. The third-order valence-corrected chi connectivity index (χ3v) is 3.23. The van der Waals surface area contributed by atoms with E-state index in [0.717, 1.165) is 25.1 Å². The fourth-order valence-electron chi connectivity index (χ4n) is 2.13. The molecule has 0 atom stereocenters. The van der Waals surface area contributed by atoms with Crippen LogP contribution in [0.25, 0.3) is 0 Å². The first-order valence-electron chi connectivity index (χ1n) is 5.97. The Bertz CT molecular complexity index is 374. The van der Waals surface area contributed by atoms with Crippen molar-refractivity contribution >= 4 is 5.91 Å². The Morgan fingerprint density at radius 3 is 2.88 bits per heavy atom. The van der Waals surface area contributed by atoms with Crippen molar-refractivity contribution in [1.82, 2.24) is 9.88 Å². The van der Waals surface area contributed by atoms with Gasteiger partial charge in [-0.2, -0.15) is 0 Å². The normalized spacial score (nSPS) is 22.9. The molecule has 0 saturated heterocycles. The first-order chi connectivity index (χ1) is 8.15. The van der Waals surface area contributed by atoms with Gasteiger partial charge in [0.15, 0.2) is 0 Å². The maximum absolute atomic E-state index is 11.9. The summed E-state index contributed by atoms with van der Waals surface area (Å²) < 4.78 is 0. The third kappa shape index (κ3) is 3.27. The summed E-state index contributed by atoms with van der Waals surface area (Å²) in [4.78, 5) is 17.8. The maximum atomic E-state index is 11.9. The van der Waals surface area contributed by atoms with Crippen LogP contribution < -0.4 is 0 Å². The highest BCUT2D eigenvalue weighted by Gasteiger charge is 2.28. The molecule has 4 heteroatoms. The lowest BCUT2D eigenvalue weighted by Crippen LogP contribution is -2.40. The molecule has 1 aliphatic rings. The molecule has 0 aromatic carbocycles.